The number of esters is 1. The number of halogens is 3. The number of nitrogens with one attached hydrogen (secondary N) is 1. The number of hydrogen-bond acceptors (Lipinski definition) is 8. The fourth-order valence-corrected chi connectivity index (χ4v) is 4.43. The van der Waals surface area contributed by atoms with Gasteiger partial charge >= 0.3 is 18.2 Å². The largest absolute Gasteiger partial charge is 0.490 e. The number of carbonyl (C=O) groups excluding carboxylic acids is 2. The average Bonchev–Trinajstić information content (AvgIpc) is 2.87. The van der Waals surface area contributed by atoms with E-state index in [0.717, 1.165) is 12.1 Å². The molecule has 1 aromatic carbocycles. The molecule has 1 amide bonds. The molecule has 2 heterocycles. The van der Waals surface area contributed by atoms with Crippen LogP contribution in [0.15, 0.2) is 30.6 Å². The summed E-state index contributed by atoms with van der Waals surface area (Å²) in [7, 11) is 0. The Morgan fingerprint density at radius 3 is 2.40 bits per heavy atom. The minimum Gasteiger partial charge on any atom is -0.490 e. The first kappa shape index (κ1) is 31.0. The van der Waals surface area contributed by atoms with Crippen LogP contribution in [0.5, 0.6) is 5.75 Å². The molecule has 0 saturated heterocycles. The van der Waals surface area contributed by atoms with E-state index in [1.807, 2.05) is 27.7 Å². The molecule has 12 heteroatoms. The van der Waals surface area contributed by atoms with Crippen LogP contribution in [-0.4, -0.2) is 46.9 Å². The van der Waals surface area contributed by atoms with E-state index in [-0.39, 0.29) is 24.6 Å². The zero-order valence-corrected chi connectivity index (χ0v) is 23.5. The predicted molar refractivity (Wildman–Crippen MR) is 143 cm³/mol. The number of carbonyl (C=O) groups is 2. The Bertz CT molecular complexity index is 1150. The maximum absolute atomic E-state index is 13.5. The van der Waals surface area contributed by atoms with Crippen LogP contribution < -0.4 is 15.0 Å². The van der Waals surface area contributed by atoms with Gasteiger partial charge in [0.05, 0.1) is 42.9 Å². The highest BCUT2D eigenvalue weighted by molar-refractivity contribution is 5.90. The standard InChI is InChI=1S/C28H37F3N4O5/c1-6-19-15-22(21-14-18(28(29,30)31)11-12-23(21)35(19)26(37)38-7-2)34-25-32-16-20(17-33-25)39-13-9-8-10-24(36)40-27(3,4)5/h11-12,14,16-17,19,22H,6-10,13,15H2,1-5H3,(H,32,33,34). The maximum atomic E-state index is 13.5. The van der Waals surface area contributed by atoms with Crippen LogP contribution in [-0.2, 0) is 20.4 Å². The van der Waals surface area contributed by atoms with Crippen molar-refractivity contribution in [3.63, 3.8) is 0 Å². The van der Waals surface area contributed by atoms with Gasteiger partial charge in [0.2, 0.25) is 5.95 Å². The maximum Gasteiger partial charge on any atom is 0.416 e. The van der Waals surface area contributed by atoms with Crippen LogP contribution in [0.3, 0.4) is 0 Å². The fourth-order valence-electron chi connectivity index (χ4n) is 4.43. The highest BCUT2D eigenvalue weighted by atomic mass is 19.4. The Morgan fingerprint density at radius 2 is 1.80 bits per heavy atom. The Balaban J connectivity index is 1.68. The van der Waals surface area contributed by atoms with Gasteiger partial charge in [0.1, 0.15) is 5.60 Å². The minimum atomic E-state index is -4.54. The van der Waals surface area contributed by atoms with E-state index in [9.17, 15) is 22.8 Å². The lowest BCUT2D eigenvalue weighted by Gasteiger charge is -2.40. The molecule has 0 fully saturated rings. The topological polar surface area (TPSA) is 103 Å². The zero-order chi connectivity index (χ0) is 29.5. The third-order valence-corrected chi connectivity index (χ3v) is 6.19. The van der Waals surface area contributed by atoms with Gasteiger partial charge in [0.15, 0.2) is 5.75 Å². The van der Waals surface area contributed by atoms with Crippen LogP contribution >= 0.6 is 0 Å². The van der Waals surface area contributed by atoms with E-state index in [4.69, 9.17) is 14.2 Å². The van der Waals surface area contributed by atoms with Crippen molar-refractivity contribution in [1.82, 2.24) is 9.97 Å². The van der Waals surface area contributed by atoms with Crippen molar-refractivity contribution in [3.05, 3.63) is 41.7 Å². The Labute approximate surface area is 232 Å². The number of rotatable bonds is 10. The molecule has 1 N–H and O–H groups in total. The molecule has 1 aromatic heterocycles. The Morgan fingerprint density at radius 1 is 1.10 bits per heavy atom. The number of unbranched alkanes of at least 4 members (excludes halogenated alkanes) is 1. The third-order valence-electron chi connectivity index (χ3n) is 6.19. The van der Waals surface area contributed by atoms with Crippen LogP contribution in [0.2, 0.25) is 0 Å². The van der Waals surface area contributed by atoms with E-state index in [1.54, 1.807) is 6.92 Å². The molecule has 2 unspecified atom stereocenters. The average molecular weight is 567 g/mol. The number of aromatic nitrogens is 2. The number of hydrogen-bond donors (Lipinski definition) is 1. The van der Waals surface area contributed by atoms with Crippen LogP contribution in [0.4, 0.5) is 29.6 Å². The summed E-state index contributed by atoms with van der Waals surface area (Å²) >= 11 is 0. The molecule has 3 rings (SSSR count). The summed E-state index contributed by atoms with van der Waals surface area (Å²) in [6, 6.07) is 2.46. The van der Waals surface area contributed by atoms with Crippen LogP contribution in [0.25, 0.3) is 0 Å². The second-order valence-corrected chi connectivity index (χ2v) is 10.5. The number of anilines is 2. The summed E-state index contributed by atoms with van der Waals surface area (Å²) in [6.07, 6.45) is 0.249. The summed E-state index contributed by atoms with van der Waals surface area (Å²) in [4.78, 5) is 34.5. The summed E-state index contributed by atoms with van der Waals surface area (Å²) < 4.78 is 56.8. The van der Waals surface area contributed by atoms with Gasteiger partial charge in [0.25, 0.3) is 0 Å². The molecule has 40 heavy (non-hydrogen) atoms. The summed E-state index contributed by atoms with van der Waals surface area (Å²) in [5.41, 5.74) is -0.665. The van der Waals surface area contributed by atoms with Crippen LogP contribution in [0, 0.1) is 0 Å². The number of fused-ring (bicyclic) bond motifs is 1. The molecule has 1 aliphatic heterocycles. The smallest absolute Gasteiger partial charge is 0.416 e. The summed E-state index contributed by atoms with van der Waals surface area (Å²) in [5, 5.41) is 3.13. The van der Waals surface area contributed by atoms with E-state index in [1.165, 1.54) is 23.4 Å². The van der Waals surface area contributed by atoms with Crippen molar-refractivity contribution in [2.24, 2.45) is 0 Å². The van der Waals surface area contributed by atoms with Gasteiger partial charge in [-0.1, -0.05) is 6.92 Å². The Hall–Kier alpha value is -3.57. The van der Waals surface area contributed by atoms with E-state index >= 15 is 0 Å². The van der Waals surface area contributed by atoms with Gasteiger partial charge in [-0.3, -0.25) is 9.69 Å². The summed E-state index contributed by atoms with van der Waals surface area (Å²) in [6.45, 7) is 9.54. The molecule has 9 nitrogen and oxygen atoms in total. The highest BCUT2D eigenvalue weighted by Crippen LogP contribution is 2.43. The van der Waals surface area contributed by atoms with E-state index in [2.05, 4.69) is 15.3 Å². The van der Waals surface area contributed by atoms with Crippen molar-refractivity contribution < 1.29 is 37.0 Å². The molecule has 1 aliphatic rings. The second kappa shape index (κ2) is 13.2. The Kier molecular flexibility index (Phi) is 10.2. The molecule has 0 spiro atoms. The predicted octanol–water partition coefficient (Wildman–Crippen LogP) is 6.68. The number of benzene rings is 1. The number of alkyl halides is 3. The van der Waals surface area contributed by atoms with Crippen molar-refractivity contribution in [3.8, 4) is 5.75 Å². The van der Waals surface area contributed by atoms with E-state index in [0.29, 0.717) is 55.7 Å². The van der Waals surface area contributed by atoms with Gasteiger partial charge in [-0.2, -0.15) is 13.2 Å². The lowest BCUT2D eigenvalue weighted by molar-refractivity contribution is -0.155. The van der Waals surface area contributed by atoms with Gasteiger partial charge in [0, 0.05) is 12.5 Å². The lowest BCUT2D eigenvalue weighted by atomic mass is 9.89. The van der Waals surface area contributed by atoms with Gasteiger partial charge in [-0.25, -0.2) is 14.8 Å². The molecule has 0 radical (unpaired) electrons. The first-order valence-electron chi connectivity index (χ1n) is 13.4. The normalized spacial score (nSPS) is 17.1. The molecular weight excluding hydrogens is 529 g/mol. The van der Waals surface area contributed by atoms with Crippen molar-refractivity contribution in [2.75, 3.05) is 23.4 Å². The molecular formula is C28H37F3N4O5. The van der Waals surface area contributed by atoms with Gasteiger partial charge in [-0.05, 0) is 77.1 Å². The number of nitrogens with zero attached hydrogens (tertiary/aromatic N) is 3. The van der Waals surface area contributed by atoms with Crippen molar-refractivity contribution >= 4 is 23.7 Å². The quantitative estimate of drug-likeness (QED) is 0.251. The van der Waals surface area contributed by atoms with Crippen LogP contribution in [0.1, 0.15) is 83.9 Å². The molecule has 220 valence electrons. The van der Waals surface area contributed by atoms with Gasteiger partial charge in [-0.15, -0.1) is 0 Å². The molecule has 0 saturated carbocycles. The first-order chi connectivity index (χ1) is 18.8. The van der Waals surface area contributed by atoms with Gasteiger partial charge < -0.3 is 19.5 Å². The minimum absolute atomic E-state index is 0.148. The highest BCUT2D eigenvalue weighted by Gasteiger charge is 2.39. The van der Waals surface area contributed by atoms with E-state index < -0.39 is 29.5 Å². The van der Waals surface area contributed by atoms with Crippen molar-refractivity contribution in [2.45, 2.75) is 90.6 Å². The number of ether oxygens (including phenoxy) is 3. The fraction of sp³-hybridized carbons (Fsp3) is 0.571. The monoisotopic (exact) mass is 566 g/mol. The molecule has 2 aromatic rings. The SMILES string of the molecule is CCOC(=O)N1c2ccc(C(F)(F)F)cc2C(Nc2ncc(OCCCCC(=O)OC(C)(C)C)cn2)CC1CC. The second-order valence-electron chi connectivity index (χ2n) is 10.5. The number of amides is 1. The molecule has 0 bridgehead atoms. The lowest BCUT2D eigenvalue weighted by Crippen LogP contribution is -2.46. The zero-order valence-electron chi connectivity index (χ0n) is 23.5. The third kappa shape index (κ3) is 8.46. The molecule has 2 atom stereocenters. The molecule has 0 aliphatic carbocycles. The van der Waals surface area contributed by atoms with Crippen molar-refractivity contribution in [1.29, 1.82) is 0 Å². The first-order valence-corrected chi connectivity index (χ1v) is 13.4. The summed E-state index contributed by atoms with van der Waals surface area (Å²) in [5.74, 6) is 0.379.